The molecule has 0 radical (unpaired) electrons. The maximum absolute atomic E-state index is 9.83. The minimum Gasteiger partial charge on any atom is -0.497 e. The fourth-order valence-corrected chi connectivity index (χ4v) is 2.41. The van der Waals surface area contributed by atoms with Crippen LogP contribution in [0.4, 0.5) is 0 Å². The largest absolute Gasteiger partial charge is 0.497 e. The van der Waals surface area contributed by atoms with Crippen LogP contribution in [0.25, 0.3) is 0 Å². The topological polar surface area (TPSA) is 49.7 Å². The zero-order valence-electron chi connectivity index (χ0n) is 11.6. The Morgan fingerprint density at radius 2 is 1.65 bits per heavy atom. The van der Waals surface area contributed by atoms with Gasteiger partial charge in [-0.2, -0.15) is 0 Å². The van der Waals surface area contributed by atoms with Gasteiger partial charge in [0.2, 0.25) is 0 Å². The summed E-state index contributed by atoms with van der Waals surface area (Å²) in [6, 6.07) is 17.3. The summed E-state index contributed by atoms with van der Waals surface area (Å²) >= 11 is 0. The van der Waals surface area contributed by atoms with Gasteiger partial charge >= 0.3 is 0 Å². The van der Waals surface area contributed by atoms with E-state index in [1.807, 2.05) is 54.6 Å². The quantitative estimate of drug-likeness (QED) is 0.847. The summed E-state index contributed by atoms with van der Waals surface area (Å²) in [6.45, 7) is -0.213. The lowest BCUT2D eigenvalue weighted by molar-refractivity contribution is 0.116. The zero-order chi connectivity index (χ0) is 14.4. The van der Waals surface area contributed by atoms with Crippen LogP contribution in [0, 0.1) is 0 Å². The van der Waals surface area contributed by atoms with E-state index in [0.29, 0.717) is 6.42 Å². The second kappa shape index (κ2) is 6.55. The van der Waals surface area contributed by atoms with Gasteiger partial charge in [0.1, 0.15) is 5.75 Å². The number of benzene rings is 2. The van der Waals surface area contributed by atoms with Crippen molar-refractivity contribution in [3.8, 4) is 5.75 Å². The standard InChI is InChI=1S/C17H20O3/c1-20-16-9-5-6-14(10-16)11-17(12-18,13-19)15-7-3-2-4-8-15/h2-10,18-19H,11-13H2,1H3. The van der Waals surface area contributed by atoms with Gasteiger partial charge in [-0.15, -0.1) is 0 Å². The van der Waals surface area contributed by atoms with E-state index in [9.17, 15) is 10.2 Å². The van der Waals surface area contributed by atoms with Gasteiger partial charge in [-0.05, 0) is 29.7 Å². The molecule has 0 aliphatic rings. The first-order valence-electron chi connectivity index (χ1n) is 6.64. The molecule has 2 N–H and O–H groups in total. The van der Waals surface area contributed by atoms with E-state index in [0.717, 1.165) is 16.9 Å². The van der Waals surface area contributed by atoms with Crippen LogP contribution < -0.4 is 4.74 Å². The summed E-state index contributed by atoms with van der Waals surface area (Å²) in [6.07, 6.45) is 0.557. The molecule has 0 heterocycles. The molecule has 0 amide bonds. The molecule has 0 saturated carbocycles. The molecule has 2 rings (SSSR count). The highest BCUT2D eigenvalue weighted by atomic mass is 16.5. The molecule has 0 spiro atoms. The van der Waals surface area contributed by atoms with Crippen molar-refractivity contribution in [2.24, 2.45) is 0 Å². The van der Waals surface area contributed by atoms with Crippen molar-refractivity contribution in [3.63, 3.8) is 0 Å². The predicted molar refractivity (Wildman–Crippen MR) is 79.0 cm³/mol. The van der Waals surface area contributed by atoms with Crippen molar-refractivity contribution >= 4 is 0 Å². The fraction of sp³-hybridized carbons (Fsp3) is 0.294. The highest BCUT2D eigenvalue weighted by Crippen LogP contribution is 2.29. The number of aliphatic hydroxyl groups is 2. The van der Waals surface area contributed by atoms with Crippen LogP contribution in [0.15, 0.2) is 54.6 Å². The highest BCUT2D eigenvalue weighted by Gasteiger charge is 2.31. The Labute approximate surface area is 119 Å². The summed E-state index contributed by atoms with van der Waals surface area (Å²) in [7, 11) is 1.63. The zero-order valence-corrected chi connectivity index (χ0v) is 11.6. The van der Waals surface area contributed by atoms with Crippen LogP contribution in [0.3, 0.4) is 0 Å². The average Bonchev–Trinajstić information content (AvgIpc) is 2.54. The Morgan fingerprint density at radius 1 is 0.950 bits per heavy atom. The number of ether oxygens (including phenoxy) is 1. The van der Waals surface area contributed by atoms with Gasteiger partial charge in [0.25, 0.3) is 0 Å². The molecule has 3 heteroatoms. The van der Waals surface area contributed by atoms with Crippen LogP contribution in [0.2, 0.25) is 0 Å². The Bertz CT molecular complexity index is 533. The van der Waals surface area contributed by atoms with Gasteiger partial charge in [0.05, 0.1) is 20.3 Å². The molecule has 0 unspecified atom stereocenters. The van der Waals surface area contributed by atoms with Crippen molar-refractivity contribution in [1.29, 1.82) is 0 Å². The van der Waals surface area contributed by atoms with Gasteiger partial charge < -0.3 is 14.9 Å². The SMILES string of the molecule is COc1cccc(CC(CO)(CO)c2ccccc2)c1. The van der Waals surface area contributed by atoms with Gasteiger partial charge in [0.15, 0.2) is 0 Å². The number of hydrogen-bond acceptors (Lipinski definition) is 3. The maximum atomic E-state index is 9.83. The summed E-state index contributed by atoms with van der Waals surface area (Å²) in [5.74, 6) is 0.778. The number of hydrogen-bond donors (Lipinski definition) is 2. The number of rotatable bonds is 6. The van der Waals surface area contributed by atoms with E-state index in [4.69, 9.17) is 4.74 Å². The first kappa shape index (κ1) is 14.6. The summed E-state index contributed by atoms with van der Waals surface area (Å²) in [5, 5.41) is 19.7. The Morgan fingerprint density at radius 3 is 2.25 bits per heavy atom. The molecule has 20 heavy (non-hydrogen) atoms. The first-order chi connectivity index (χ1) is 9.74. The molecule has 0 aliphatic heterocycles. The Balaban J connectivity index is 2.34. The van der Waals surface area contributed by atoms with Crippen LogP contribution in [0.1, 0.15) is 11.1 Å². The minimum atomic E-state index is -0.673. The normalized spacial score (nSPS) is 11.3. The van der Waals surface area contributed by atoms with Crippen LogP contribution in [-0.4, -0.2) is 30.5 Å². The highest BCUT2D eigenvalue weighted by molar-refractivity contribution is 5.34. The lowest BCUT2D eigenvalue weighted by atomic mass is 9.77. The van der Waals surface area contributed by atoms with Crippen LogP contribution >= 0.6 is 0 Å². The molecule has 0 aliphatic carbocycles. The molecule has 3 nitrogen and oxygen atoms in total. The molecular formula is C17H20O3. The van der Waals surface area contributed by atoms with E-state index in [1.54, 1.807) is 7.11 Å². The Hall–Kier alpha value is -1.84. The number of aliphatic hydroxyl groups excluding tert-OH is 2. The van der Waals surface area contributed by atoms with Crippen molar-refractivity contribution in [3.05, 3.63) is 65.7 Å². The van der Waals surface area contributed by atoms with E-state index < -0.39 is 5.41 Å². The monoisotopic (exact) mass is 272 g/mol. The predicted octanol–water partition coefficient (Wildman–Crippen LogP) is 2.16. The molecule has 106 valence electrons. The van der Waals surface area contributed by atoms with Crippen molar-refractivity contribution in [2.75, 3.05) is 20.3 Å². The van der Waals surface area contributed by atoms with E-state index in [2.05, 4.69) is 0 Å². The average molecular weight is 272 g/mol. The molecule has 2 aromatic carbocycles. The third-order valence-electron chi connectivity index (χ3n) is 3.67. The van der Waals surface area contributed by atoms with Crippen molar-refractivity contribution in [1.82, 2.24) is 0 Å². The van der Waals surface area contributed by atoms with E-state index >= 15 is 0 Å². The van der Waals surface area contributed by atoms with Gasteiger partial charge in [-0.3, -0.25) is 0 Å². The third-order valence-corrected chi connectivity index (χ3v) is 3.67. The number of methoxy groups -OCH3 is 1. The molecule has 0 saturated heterocycles. The summed E-state index contributed by atoms with van der Waals surface area (Å²) < 4.78 is 5.22. The molecule has 0 atom stereocenters. The van der Waals surface area contributed by atoms with E-state index in [-0.39, 0.29) is 13.2 Å². The van der Waals surface area contributed by atoms with Crippen molar-refractivity contribution < 1.29 is 14.9 Å². The fourth-order valence-electron chi connectivity index (χ4n) is 2.41. The van der Waals surface area contributed by atoms with E-state index in [1.165, 1.54) is 0 Å². The van der Waals surface area contributed by atoms with Gasteiger partial charge in [-0.1, -0.05) is 42.5 Å². The molecule has 0 aromatic heterocycles. The smallest absolute Gasteiger partial charge is 0.119 e. The molecule has 0 bridgehead atoms. The Kier molecular flexibility index (Phi) is 4.77. The maximum Gasteiger partial charge on any atom is 0.119 e. The van der Waals surface area contributed by atoms with Gasteiger partial charge in [-0.25, -0.2) is 0 Å². The van der Waals surface area contributed by atoms with Gasteiger partial charge in [0, 0.05) is 5.41 Å². The molecule has 0 fully saturated rings. The van der Waals surface area contributed by atoms with Crippen LogP contribution in [-0.2, 0) is 11.8 Å². The lowest BCUT2D eigenvalue weighted by Crippen LogP contribution is -2.37. The molecular weight excluding hydrogens is 252 g/mol. The van der Waals surface area contributed by atoms with Crippen molar-refractivity contribution in [2.45, 2.75) is 11.8 Å². The summed E-state index contributed by atoms with van der Waals surface area (Å²) in [5.41, 5.74) is 1.29. The summed E-state index contributed by atoms with van der Waals surface area (Å²) in [4.78, 5) is 0. The second-order valence-electron chi connectivity index (χ2n) is 4.99. The van der Waals surface area contributed by atoms with Crippen LogP contribution in [0.5, 0.6) is 5.75 Å². The second-order valence-corrected chi connectivity index (χ2v) is 4.99. The molecule has 2 aromatic rings. The lowest BCUT2D eigenvalue weighted by Gasteiger charge is -2.30. The minimum absolute atomic E-state index is 0.106. The first-order valence-corrected chi connectivity index (χ1v) is 6.64. The third kappa shape index (κ3) is 3.00.